The molecule has 0 bridgehead atoms. The molecule has 0 radical (unpaired) electrons. The number of hydrogen-bond donors (Lipinski definition) is 1. The molecule has 3 rings (SSSR count). The Morgan fingerprint density at radius 3 is 3.05 bits per heavy atom. The van der Waals surface area contributed by atoms with Gasteiger partial charge in [0.1, 0.15) is 0 Å². The molecule has 0 spiro atoms. The minimum absolute atomic E-state index is 0.0820. The van der Waals surface area contributed by atoms with Crippen LogP contribution < -0.4 is 5.73 Å². The fraction of sp³-hybridized carbons (Fsp3) is 0.462. The molecule has 2 aromatic heterocycles. The fourth-order valence-corrected chi connectivity index (χ4v) is 3.33. The summed E-state index contributed by atoms with van der Waals surface area (Å²) < 4.78 is 0.992. The SMILES string of the molecule is CC(=O)N1CCCC[C@@H]1c1ccc2sc(N)nc2n1. The highest BCUT2D eigenvalue weighted by atomic mass is 32.1. The molecule has 1 fully saturated rings. The fourth-order valence-electron chi connectivity index (χ4n) is 2.65. The van der Waals surface area contributed by atoms with Crippen molar-refractivity contribution in [3.8, 4) is 0 Å². The second-order valence-electron chi connectivity index (χ2n) is 4.83. The van der Waals surface area contributed by atoms with Gasteiger partial charge in [-0.15, -0.1) is 0 Å². The van der Waals surface area contributed by atoms with Gasteiger partial charge in [-0.3, -0.25) is 4.79 Å². The molecule has 0 aromatic carbocycles. The van der Waals surface area contributed by atoms with E-state index in [0.29, 0.717) is 10.8 Å². The number of piperidine rings is 1. The largest absolute Gasteiger partial charge is 0.375 e. The number of likely N-dealkylation sites (tertiary alicyclic amines) is 1. The lowest BCUT2D eigenvalue weighted by molar-refractivity contribution is -0.132. The van der Waals surface area contributed by atoms with Crippen LogP contribution in [0.3, 0.4) is 0 Å². The van der Waals surface area contributed by atoms with Crippen LogP contribution in [0.4, 0.5) is 5.13 Å². The summed E-state index contributed by atoms with van der Waals surface area (Å²) >= 11 is 1.44. The molecule has 0 aliphatic carbocycles. The first-order valence-corrected chi connectivity index (χ1v) is 7.27. The molecule has 2 N–H and O–H groups in total. The summed E-state index contributed by atoms with van der Waals surface area (Å²) in [5.74, 6) is 0.115. The first kappa shape index (κ1) is 12.3. The van der Waals surface area contributed by atoms with Gasteiger partial charge in [0.25, 0.3) is 0 Å². The molecule has 0 unspecified atom stereocenters. The summed E-state index contributed by atoms with van der Waals surface area (Å²) in [5.41, 5.74) is 7.31. The summed E-state index contributed by atoms with van der Waals surface area (Å²) in [5, 5.41) is 0.534. The summed E-state index contributed by atoms with van der Waals surface area (Å²) in [4.78, 5) is 22.4. The van der Waals surface area contributed by atoms with Crippen molar-refractivity contribution < 1.29 is 4.79 Å². The van der Waals surface area contributed by atoms with E-state index in [9.17, 15) is 4.79 Å². The van der Waals surface area contributed by atoms with Crippen molar-refractivity contribution in [1.82, 2.24) is 14.9 Å². The highest BCUT2D eigenvalue weighted by molar-refractivity contribution is 7.21. The summed E-state index contributed by atoms with van der Waals surface area (Å²) in [7, 11) is 0. The molecule has 5 nitrogen and oxygen atoms in total. The smallest absolute Gasteiger partial charge is 0.220 e. The van der Waals surface area contributed by atoms with E-state index in [-0.39, 0.29) is 11.9 Å². The van der Waals surface area contributed by atoms with Crippen LogP contribution in [0.5, 0.6) is 0 Å². The van der Waals surface area contributed by atoms with E-state index in [1.165, 1.54) is 11.3 Å². The minimum Gasteiger partial charge on any atom is -0.375 e. The third kappa shape index (κ3) is 2.28. The van der Waals surface area contributed by atoms with Gasteiger partial charge in [-0.25, -0.2) is 9.97 Å². The highest BCUT2D eigenvalue weighted by Crippen LogP contribution is 2.31. The van der Waals surface area contributed by atoms with Gasteiger partial charge in [-0.05, 0) is 31.4 Å². The van der Waals surface area contributed by atoms with Gasteiger partial charge in [0.2, 0.25) is 5.91 Å². The van der Waals surface area contributed by atoms with Gasteiger partial charge in [0.05, 0.1) is 16.4 Å². The number of thiazole rings is 1. The van der Waals surface area contributed by atoms with Gasteiger partial charge in [0, 0.05) is 13.5 Å². The van der Waals surface area contributed by atoms with E-state index in [4.69, 9.17) is 5.73 Å². The number of fused-ring (bicyclic) bond motifs is 1. The first-order chi connectivity index (χ1) is 9.15. The molecule has 100 valence electrons. The maximum atomic E-state index is 11.7. The summed E-state index contributed by atoms with van der Waals surface area (Å²) in [6.07, 6.45) is 3.17. The van der Waals surface area contributed by atoms with E-state index >= 15 is 0 Å². The zero-order valence-corrected chi connectivity index (χ0v) is 11.6. The van der Waals surface area contributed by atoms with Gasteiger partial charge in [-0.1, -0.05) is 11.3 Å². The Morgan fingerprint density at radius 2 is 2.26 bits per heavy atom. The van der Waals surface area contributed by atoms with Crippen LogP contribution in [0.25, 0.3) is 10.3 Å². The average Bonchev–Trinajstić information content (AvgIpc) is 2.77. The molecule has 3 heterocycles. The zero-order chi connectivity index (χ0) is 13.4. The van der Waals surface area contributed by atoms with Crippen molar-refractivity contribution in [3.63, 3.8) is 0 Å². The molecule has 1 atom stereocenters. The maximum absolute atomic E-state index is 11.7. The Kier molecular flexibility index (Phi) is 3.10. The number of carbonyl (C=O) groups excluding carboxylic acids is 1. The highest BCUT2D eigenvalue weighted by Gasteiger charge is 2.27. The molecule has 1 aliphatic rings. The number of nitrogens with zero attached hydrogens (tertiary/aromatic N) is 3. The Bertz CT molecular complexity index is 624. The zero-order valence-electron chi connectivity index (χ0n) is 10.8. The number of nitrogen functional groups attached to an aromatic ring is 1. The van der Waals surface area contributed by atoms with Crippen LogP contribution in [0.2, 0.25) is 0 Å². The van der Waals surface area contributed by atoms with E-state index in [2.05, 4.69) is 9.97 Å². The van der Waals surface area contributed by atoms with Gasteiger partial charge < -0.3 is 10.6 Å². The second kappa shape index (κ2) is 4.77. The van der Waals surface area contributed by atoms with Crippen molar-refractivity contribution in [2.45, 2.75) is 32.2 Å². The molecular formula is C13H16N4OS. The van der Waals surface area contributed by atoms with Crippen molar-refractivity contribution >= 4 is 32.7 Å². The molecular weight excluding hydrogens is 260 g/mol. The normalized spacial score (nSPS) is 19.8. The second-order valence-corrected chi connectivity index (χ2v) is 5.90. The quantitative estimate of drug-likeness (QED) is 0.867. The third-order valence-electron chi connectivity index (χ3n) is 3.54. The van der Waals surface area contributed by atoms with Crippen molar-refractivity contribution in [2.24, 2.45) is 0 Å². The summed E-state index contributed by atoms with van der Waals surface area (Å²) in [6.45, 7) is 2.44. The third-order valence-corrected chi connectivity index (χ3v) is 4.38. The number of nitrogens with two attached hydrogens (primary N) is 1. The van der Waals surface area contributed by atoms with Crippen LogP contribution in [0.15, 0.2) is 12.1 Å². The lowest BCUT2D eigenvalue weighted by Crippen LogP contribution is -2.37. The van der Waals surface area contributed by atoms with E-state index in [1.807, 2.05) is 17.0 Å². The minimum atomic E-state index is 0.0820. The predicted octanol–water partition coefficient (Wildman–Crippen LogP) is 2.35. The van der Waals surface area contributed by atoms with Gasteiger partial charge in [-0.2, -0.15) is 0 Å². The van der Waals surface area contributed by atoms with Crippen molar-refractivity contribution in [3.05, 3.63) is 17.8 Å². The van der Waals surface area contributed by atoms with Crippen molar-refractivity contribution in [2.75, 3.05) is 12.3 Å². The Hall–Kier alpha value is -1.69. The Labute approximate surface area is 115 Å². The Morgan fingerprint density at radius 1 is 1.42 bits per heavy atom. The Balaban J connectivity index is 1.99. The number of aromatic nitrogens is 2. The lowest BCUT2D eigenvalue weighted by atomic mass is 9.99. The van der Waals surface area contributed by atoms with Crippen molar-refractivity contribution in [1.29, 1.82) is 0 Å². The molecule has 19 heavy (non-hydrogen) atoms. The van der Waals surface area contributed by atoms with Crippen LogP contribution in [0.1, 0.15) is 37.9 Å². The molecule has 2 aromatic rings. The first-order valence-electron chi connectivity index (χ1n) is 6.45. The number of hydrogen-bond acceptors (Lipinski definition) is 5. The number of anilines is 1. The van der Waals surface area contributed by atoms with E-state index < -0.39 is 0 Å². The number of rotatable bonds is 1. The topological polar surface area (TPSA) is 72.1 Å². The van der Waals surface area contributed by atoms with Crippen LogP contribution in [0, 0.1) is 0 Å². The van der Waals surface area contributed by atoms with Crippen LogP contribution >= 0.6 is 11.3 Å². The van der Waals surface area contributed by atoms with E-state index in [1.54, 1.807) is 6.92 Å². The average molecular weight is 276 g/mol. The predicted molar refractivity (Wildman–Crippen MR) is 75.8 cm³/mol. The number of amides is 1. The number of carbonyl (C=O) groups is 1. The molecule has 1 aliphatic heterocycles. The molecule has 1 saturated heterocycles. The van der Waals surface area contributed by atoms with Gasteiger partial charge >= 0.3 is 0 Å². The molecule has 0 saturated carbocycles. The van der Waals surface area contributed by atoms with Gasteiger partial charge in [0.15, 0.2) is 10.8 Å². The molecule has 1 amide bonds. The van der Waals surface area contributed by atoms with E-state index in [0.717, 1.165) is 36.2 Å². The molecule has 6 heteroatoms. The monoisotopic (exact) mass is 276 g/mol. The van der Waals surface area contributed by atoms with Crippen LogP contribution in [-0.2, 0) is 4.79 Å². The maximum Gasteiger partial charge on any atom is 0.220 e. The number of pyridine rings is 1. The lowest BCUT2D eigenvalue weighted by Gasteiger charge is -2.34. The summed E-state index contributed by atoms with van der Waals surface area (Å²) in [6, 6.07) is 4.07. The standard InChI is InChI=1S/C13H16N4OS/c1-8(18)17-7-3-2-4-10(17)9-5-6-11-12(15-9)16-13(14)19-11/h5-6,10H,2-4,7H2,1H3,(H2,14,15,16)/t10-/m1/s1. The van der Waals surface area contributed by atoms with Crippen LogP contribution in [-0.4, -0.2) is 27.3 Å².